The fourth-order valence-corrected chi connectivity index (χ4v) is 2.17. The van der Waals surface area contributed by atoms with Crippen LogP contribution in [0.5, 0.6) is 5.75 Å². The van der Waals surface area contributed by atoms with Gasteiger partial charge >= 0.3 is 0 Å². The van der Waals surface area contributed by atoms with Crippen LogP contribution in [0.3, 0.4) is 0 Å². The third kappa shape index (κ3) is 4.02. The Bertz CT molecular complexity index is 793. The van der Waals surface area contributed by atoms with Gasteiger partial charge in [0, 0.05) is 36.0 Å². The van der Waals surface area contributed by atoms with E-state index in [2.05, 4.69) is 9.98 Å². The first kappa shape index (κ1) is 17.7. The summed E-state index contributed by atoms with van der Waals surface area (Å²) < 4.78 is 10.7. The lowest BCUT2D eigenvalue weighted by Crippen LogP contribution is -2.16. The topological polar surface area (TPSA) is 95.8 Å². The Kier molecular flexibility index (Phi) is 5.76. The lowest BCUT2D eigenvalue weighted by atomic mass is 10.1. The second kappa shape index (κ2) is 7.79. The van der Waals surface area contributed by atoms with Gasteiger partial charge in [-0.3, -0.25) is 4.98 Å². The average molecular weight is 328 g/mol. The molecule has 0 aliphatic carbocycles. The minimum absolute atomic E-state index is 0.403. The number of allylic oxidation sites excluding steroid dienone is 1. The second-order valence-corrected chi connectivity index (χ2v) is 5.61. The predicted molar refractivity (Wildman–Crippen MR) is 97.7 cm³/mol. The molecule has 6 heteroatoms. The predicted octanol–water partition coefficient (Wildman–Crippen LogP) is 2.81. The minimum atomic E-state index is 0.403. The number of pyridine rings is 1. The van der Waals surface area contributed by atoms with E-state index in [-0.39, 0.29) is 0 Å². The fourth-order valence-electron chi connectivity index (χ4n) is 2.17. The second-order valence-electron chi connectivity index (χ2n) is 5.61. The number of amidine groups is 1. The molecule has 2 rings (SSSR count). The lowest BCUT2D eigenvalue weighted by molar-refractivity contribution is 0.146. The van der Waals surface area contributed by atoms with Crippen molar-refractivity contribution in [3.05, 3.63) is 41.2 Å². The number of ether oxygens (including phenoxy) is 2. The number of aromatic nitrogens is 1. The van der Waals surface area contributed by atoms with Crippen molar-refractivity contribution < 1.29 is 9.47 Å². The van der Waals surface area contributed by atoms with Crippen molar-refractivity contribution in [2.24, 2.45) is 16.5 Å². The standard InChI is InChI=1S/C18H24N4O2/c1-11-9-14-15(22-18(20)12(2)13(3)19)5-6-21-16(14)10-17(11)24-8-7-23-4/h5-6,9-10H,7-8,19H2,1-4H3,(H2,20,21,22). The summed E-state index contributed by atoms with van der Waals surface area (Å²) in [5, 5.41) is 0.916. The van der Waals surface area contributed by atoms with Crippen LogP contribution >= 0.6 is 0 Å². The minimum Gasteiger partial charge on any atom is -0.491 e. The Balaban J connectivity index is 2.45. The maximum Gasteiger partial charge on any atom is 0.128 e. The van der Waals surface area contributed by atoms with Gasteiger partial charge in [0.2, 0.25) is 0 Å². The smallest absolute Gasteiger partial charge is 0.128 e. The lowest BCUT2D eigenvalue weighted by Gasteiger charge is -2.11. The molecule has 2 aromatic rings. The van der Waals surface area contributed by atoms with Crippen molar-refractivity contribution in [1.29, 1.82) is 0 Å². The van der Waals surface area contributed by atoms with E-state index in [1.54, 1.807) is 20.2 Å². The molecule has 128 valence electrons. The maximum absolute atomic E-state index is 6.04. The molecule has 0 saturated carbocycles. The molecule has 0 spiro atoms. The Morgan fingerprint density at radius 3 is 2.62 bits per heavy atom. The van der Waals surface area contributed by atoms with Gasteiger partial charge in [0.25, 0.3) is 0 Å². The molecule has 24 heavy (non-hydrogen) atoms. The molecule has 1 aromatic heterocycles. The van der Waals surface area contributed by atoms with Crippen molar-refractivity contribution in [2.45, 2.75) is 20.8 Å². The van der Waals surface area contributed by atoms with Gasteiger partial charge < -0.3 is 20.9 Å². The summed E-state index contributed by atoms with van der Waals surface area (Å²) in [5.41, 5.74) is 15.8. The van der Waals surface area contributed by atoms with Crippen LogP contribution in [0.1, 0.15) is 19.4 Å². The molecular formula is C18H24N4O2. The number of rotatable bonds is 6. The molecule has 0 aliphatic heterocycles. The van der Waals surface area contributed by atoms with Crippen molar-refractivity contribution in [3.63, 3.8) is 0 Å². The Hall–Kier alpha value is -2.60. The SMILES string of the molecule is COCCOc1cc2nccc(N=C(N)C(C)=C(C)N)c2cc1C. The third-order valence-corrected chi connectivity index (χ3v) is 3.78. The van der Waals surface area contributed by atoms with Gasteiger partial charge in [-0.05, 0) is 38.5 Å². The van der Waals surface area contributed by atoms with Crippen LogP contribution < -0.4 is 16.2 Å². The number of nitrogens with zero attached hydrogens (tertiary/aromatic N) is 2. The van der Waals surface area contributed by atoms with Gasteiger partial charge in [0.15, 0.2) is 0 Å². The summed E-state index contributed by atoms with van der Waals surface area (Å²) in [6.07, 6.45) is 1.71. The van der Waals surface area contributed by atoms with Crippen molar-refractivity contribution >= 4 is 22.4 Å². The van der Waals surface area contributed by atoms with Crippen molar-refractivity contribution in [2.75, 3.05) is 20.3 Å². The van der Waals surface area contributed by atoms with E-state index in [4.69, 9.17) is 20.9 Å². The molecule has 0 amide bonds. The summed E-state index contributed by atoms with van der Waals surface area (Å²) in [6, 6.07) is 5.75. The van der Waals surface area contributed by atoms with Gasteiger partial charge in [-0.1, -0.05) is 0 Å². The number of fused-ring (bicyclic) bond motifs is 1. The summed E-state index contributed by atoms with van der Waals surface area (Å²) in [4.78, 5) is 8.91. The first-order valence-electron chi connectivity index (χ1n) is 7.72. The van der Waals surface area contributed by atoms with Crippen LogP contribution in [0.25, 0.3) is 10.9 Å². The molecular weight excluding hydrogens is 304 g/mol. The number of hydrogen-bond donors (Lipinski definition) is 2. The van der Waals surface area contributed by atoms with Crippen LogP contribution in [0.2, 0.25) is 0 Å². The Morgan fingerprint density at radius 1 is 1.21 bits per heavy atom. The molecule has 0 fully saturated rings. The summed E-state index contributed by atoms with van der Waals surface area (Å²) >= 11 is 0. The number of hydrogen-bond acceptors (Lipinski definition) is 5. The maximum atomic E-state index is 6.04. The highest BCUT2D eigenvalue weighted by Gasteiger charge is 2.08. The fraction of sp³-hybridized carbons (Fsp3) is 0.333. The van der Waals surface area contributed by atoms with Crippen LogP contribution in [0.15, 0.2) is 40.7 Å². The van der Waals surface area contributed by atoms with Gasteiger partial charge in [-0.2, -0.15) is 0 Å². The number of aryl methyl sites for hydroxylation is 1. The molecule has 0 saturated heterocycles. The molecule has 6 nitrogen and oxygen atoms in total. The van der Waals surface area contributed by atoms with Crippen LogP contribution in [0, 0.1) is 6.92 Å². The Labute approximate surface area is 142 Å². The largest absolute Gasteiger partial charge is 0.491 e. The molecule has 0 unspecified atom stereocenters. The van der Waals surface area contributed by atoms with E-state index in [9.17, 15) is 0 Å². The first-order chi connectivity index (χ1) is 11.4. The number of methoxy groups -OCH3 is 1. The average Bonchev–Trinajstić information content (AvgIpc) is 2.55. The molecule has 4 N–H and O–H groups in total. The van der Waals surface area contributed by atoms with E-state index in [1.165, 1.54) is 0 Å². The normalized spacial score (nSPS) is 13.1. The van der Waals surface area contributed by atoms with Crippen LogP contribution in [-0.2, 0) is 4.74 Å². The van der Waals surface area contributed by atoms with E-state index in [0.717, 1.165) is 33.5 Å². The zero-order chi connectivity index (χ0) is 17.7. The third-order valence-electron chi connectivity index (χ3n) is 3.78. The van der Waals surface area contributed by atoms with E-state index >= 15 is 0 Å². The van der Waals surface area contributed by atoms with Gasteiger partial charge in [-0.15, -0.1) is 0 Å². The zero-order valence-corrected chi connectivity index (χ0v) is 14.6. The molecule has 0 bridgehead atoms. The van der Waals surface area contributed by atoms with E-state index in [0.29, 0.717) is 24.7 Å². The number of aliphatic imine (C=N–C) groups is 1. The molecule has 0 aliphatic rings. The zero-order valence-electron chi connectivity index (χ0n) is 14.6. The highest BCUT2D eigenvalue weighted by molar-refractivity contribution is 6.01. The van der Waals surface area contributed by atoms with Crippen molar-refractivity contribution in [3.8, 4) is 5.75 Å². The summed E-state index contributed by atoms with van der Waals surface area (Å²) in [5.74, 6) is 1.19. The van der Waals surface area contributed by atoms with Crippen molar-refractivity contribution in [1.82, 2.24) is 4.98 Å². The molecule has 1 aromatic carbocycles. The molecule has 0 radical (unpaired) electrons. The molecule has 0 atom stereocenters. The van der Waals surface area contributed by atoms with E-state index in [1.807, 2.05) is 32.0 Å². The van der Waals surface area contributed by atoms with Crippen LogP contribution in [0.4, 0.5) is 5.69 Å². The summed E-state index contributed by atoms with van der Waals surface area (Å²) in [7, 11) is 1.65. The van der Waals surface area contributed by atoms with Gasteiger partial charge in [-0.25, -0.2) is 4.99 Å². The molecule has 1 heterocycles. The van der Waals surface area contributed by atoms with E-state index < -0.39 is 0 Å². The first-order valence-corrected chi connectivity index (χ1v) is 7.72. The van der Waals surface area contributed by atoms with Crippen LogP contribution in [-0.4, -0.2) is 31.1 Å². The van der Waals surface area contributed by atoms with Gasteiger partial charge in [0.1, 0.15) is 18.2 Å². The highest BCUT2D eigenvalue weighted by Crippen LogP contribution is 2.30. The number of nitrogens with two attached hydrogens (primary N) is 2. The monoisotopic (exact) mass is 328 g/mol. The Morgan fingerprint density at radius 2 is 1.96 bits per heavy atom. The quantitative estimate of drug-likeness (QED) is 0.483. The number of benzene rings is 1. The highest BCUT2D eigenvalue weighted by atomic mass is 16.5. The summed E-state index contributed by atoms with van der Waals surface area (Å²) in [6.45, 7) is 6.67. The van der Waals surface area contributed by atoms with Gasteiger partial charge in [0.05, 0.1) is 17.8 Å².